The van der Waals surface area contributed by atoms with Gasteiger partial charge in [0.1, 0.15) is 0 Å². The van der Waals surface area contributed by atoms with E-state index < -0.39 is 0 Å². The Bertz CT molecular complexity index is 635. The Labute approximate surface area is 130 Å². The van der Waals surface area contributed by atoms with Crippen molar-refractivity contribution in [3.8, 4) is 0 Å². The van der Waals surface area contributed by atoms with E-state index in [2.05, 4.69) is 5.32 Å². The molecule has 1 fully saturated rings. The van der Waals surface area contributed by atoms with Crippen LogP contribution < -0.4 is 5.32 Å². The first-order valence-corrected chi connectivity index (χ1v) is 7.76. The molecule has 0 bridgehead atoms. The first-order chi connectivity index (χ1) is 10.2. The maximum absolute atomic E-state index is 12.5. The summed E-state index contributed by atoms with van der Waals surface area (Å²) in [5.74, 6) is 0.625. The van der Waals surface area contributed by atoms with E-state index in [-0.39, 0.29) is 11.3 Å². The van der Waals surface area contributed by atoms with Crippen LogP contribution in [0.3, 0.4) is 0 Å². The smallest absolute Gasteiger partial charge is 0.230 e. The second-order valence-electron chi connectivity index (χ2n) is 5.58. The standard InChI is InChI=1S/C18H18ClNO/c19-12-14-5-4-6-15(11-14)13-20-17(21)18(9-10-18)16-7-2-1-3-8-16/h1-8,11H,9-10,12-13H2,(H,20,21). The lowest BCUT2D eigenvalue weighted by Crippen LogP contribution is -2.34. The van der Waals surface area contributed by atoms with Crippen LogP contribution in [0.1, 0.15) is 29.5 Å². The van der Waals surface area contributed by atoms with Crippen molar-refractivity contribution in [2.45, 2.75) is 30.7 Å². The monoisotopic (exact) mass is 299 g/mol. The number of nitrogens with one attached hydrogen (secondary N) is 1. The van der Waals surface area contributed by atoms with Crippen molar-refractivity contribution >= 4 is 17.5 Å². The van der Waals surface area contributed by atoms with Crippen molar-refractivity contribution in [1.82, 2.24) is 5.32 Å². The molecule has 0 atom stereocenters. The normalized spacial score (nSPS) is 15.5. The SMILES string of the molecule is O=C(NCc1cccc(CCl)c1)C1(c2ccccc2)CC1. The molecule has 0 aromatic heterocycles. The molecule has 0 heterocycles. The quantitative estimate of drug-likeness (QED) is 0.837. The Morgan fingerprint density at radius 1 is 1.05 bits per heavy atom. The molecule has 21 heavy (non-hydrogen) atoms. The third-order valence-corrected chi connectivity index (χ3v) is 4.42. The highest BCUT2D eigenvalue weighted by atomic mass is 35.5. The molecule has 108 valence electrons. The van der Waals surface area contributed by atoms with Gasteiger partial charge in [0.2, 0.25) is 5.91 Å². The van der Waals surface area contributed by atoms with E-state index in [1.54, 1.807) is 0 Å². The number of carbonyl (C=O) groups is 1. The Morgan fingerprint density at radius 2 is 1.76 bits per heavy atom. The van der Waals surface area contributed by atoms with E-state index in [0.29, 0.717) is 12.4 Å². The molecule has 1 saturated carbocycles. The number of hydrogen-bond acceptors (Lipinski definition) is 1. The fourth-order valence-corrected chi connectivity index (χ4v) is 2.87. The summed E-state index contributed by atoms with van der Waals surface area (Å²) in [5, 5.41) is 3.07. The van der Waals surface area contributed by atoms with Crippen molar-refractivity contribution in [3.63, 3.8) is 0 Å². The van der Waals surface area contributed by atoms with Crippen LogP contribution in [0.2, 0.25) is 0 Å². The summed E-state index contributed by atoms with van der Waals surface area (Å²) in [6.07, 6.45) is 1.87. The zero-order valence-corrected chi connectivity index (χ0v) is 12.6. The van der Waals surface area contributed by atoms with Gasteiger partial charge in [-0.3, -0.25) is 4.79 Å². The van der Waals surface area contributed by atoms with Gasteiger partial charge in [0.25, 0.3) is 0 Å². The predicted octanol–water partition coefficient (Wildman–Crippen LogP) is 3.77. The molecule has 0 spiro atoms. The first kappa shape index (κ1) is 14.2. The lowest BCUT2D eigenvalue weighted by atomic mass is 9.95. The zero-order chi connectivity index (χ0) is 14.7. The number of halogens is 1. The number of rotatable bonds is 5. The minimum Gasteiger partial charge on any atom is -0.351 e. The molecule has 2 nitrogen and oxygen atoms in total. The van der Waals surface area contributed by atoms with Gasteiger partial charge < -0.3 is 5.32 Å². The fraction of sp³-hybridized carbons (Fsp3) is 0.278. The van der Waals surface area contributed by atoms with Gasteiger partial charge in [0.15, 0.2) is 0 Å². The van der Waals surface area contributed by atoms with Crippen LogP contribution in [0, 0.1) is 0 Å². The molecule has 0 unspecified atom stereocenters. The van der Waals surface area contributed by atoms with Crippen LogP contribution in [0.15, 0.2) is 54.6 Å². The van der Waals surface area contributed by atoms with Crippen LogP contribution >= 0.6 is 11.6 Å². The van der Waals surface area contributed by atoms with Gasteiger partial charge in [0.05, 0.1) is 5.41 Å². The van der Waals surface area contributed by atoms with Gasteiger partial charge in [-0.1, -0.05) is 54.6 Å². The second kappa shape index (κ2) is 5.90. The van der Waals surface area contributed by atoms with Gasteiger partial charge >= 0.3 is 0 Å². The Hall–Kier alpha value is -1.80. The number of carbonyl (C=O) groups excluding carboxylic acids is 1. The molecule has 2 aromatic carbocycles. The molecular weight excluding hydrogens is 282 g/mol. The van der Waals surface area contributed by atoms with Crippen LogP contribution in [-0.4, -0.2) is 5.91 Å². The second-order valence-corrected chi connectivity index (χ2v) is 5.85. The summed E-state index contributed by atoms with van der Waals surface area (Å²) in [7, 11) is 0. The molecule has 1 N–H and O–H groups in total. The third-order valence-electron chi connectivity index (χ3n) is 4.11. The molecule has 3 heteroatoms. The Morgan fingerprint density at radius 3 is 2.43 bits per heavy atom. The predicted molar refractivity (Wildman–Crippen MR) is 85.2 cm³/mol. The lowest BCUT2D eigenvalue weighted by molar-refractivity contribution is -0.123. The average Bonchev–Trinajstić information content (AvgIpc) is 3.35. The molecule has 2 aromatic rings. The Balaban J connectivity index is 1.67. The summed E-state index contributed by atoms with van der Waals surface area (Å²) in [6, 6.07) is 18.1. The van der Waals surface area contributed by atoms with Crippen LogP contribution in [0.5, 0.6) is 0 Å². The molecule has 0 aliphatic heterocycles. The zero-order valence-electron chi connectivity index (χ0n) is 11.8. The van der Waals surface area contributed by atoms with E-state index in [0.717, 1.165) is 29.5 Å². The van der Waals surface area contributed by atoms with Crippen molar-refractivity contribution in [2.75, 3.05) is 0 Å². The van der Waals surface area contributed by atoms with Gasteiger partial charge in [-0.2, -0.15) is 0 Å². The fourth-order valence-electron chi connectivity index (χ4n) is 2.70. The summed E-state index contributed by atoms with van der Waals surface area (Å²) in [6.45, 7) is 0.554. The highest BCUT2D eigenvalue weighted by Crippen LogP contribution is 2.48. The first-order valence-electron chi connectivity index (χ1n) is 7.22. The lowest BCUT2D eigenvalue weighted by Gasteiger charge is -2.16. The van der Waals surface area contributed by atoms with E-state index in [9.17, 15) is 4.79 Å². The molecule has 1 aliphatic rings. The third kappa shape index (κ3) is 2.96. The van der Waals surface area contributed by atoms with Crippen molar-refractivity contribution in [2.24, 2.45) is 0 Å². The highest BCUT2D eigenvalue weighted by Gasteiger charge is 2.50. The summed E-state index contributed by atoms with van der Waals surface area (Å²) < 4.78 is 0. The van der Waals surface area contributed by atoms with Gasteiger partial charge in [-0.25, -0.2) is 0 Å². The molecular formula is C18H18ClNO. The topological polar surface area (TPSA) is 29.1 Å². The summed E-state index contributed by atoms with van der Waals surface area (Å²) >= 11 is 5.84. The number of hydrogen-bond donors (Lipinski definition) is 1. The van der Waals surface area contributed by atoms with Crippen LogP contribution in [0.25, 0.3) is 0 Å². The van der Waals surface area contributed by atoms with Crippen molar-refractivity contribution < 1.29 is 4.79 Å². The molecule has 1 amide bonds. The number of alkyl halides is 1. The number of benzene rings is 2. The van der Waals surface area contributed by atoms with Crippen molar-refractivity contribution in [1.29, 1.82) is 0 Å². The summed E-state index contributed by atoms with van der Waals surface area (Å²) in [5.41, 5.74) is 2.99. The van der Waals surface area contributed by atoms with Gasteiger partial charge in [-0.15, -0.1) is 11.6 Å². The summed E-state index contributed by atoms with van der Waals surface area (Å²) in [4.78, 5) is 12.5. The average molecular weight is 300 g/mol. The van der Waals surface area contributed by atoms with E-state index in [4.69, 9.17) is 11.6 Å². The van der Waals surface area contributed by atoms with Gasteiger partial charge in [-0.05, 0) is 29.5 Å². The molecule has 0 saturated heterocycles. The highest BCUT2D eigenvalue weighted by molar-refractivity contribution is 6.17. The molecule has 0 radical (unpaired) electrons. The van der Waals surface area contributed by atoms with E-state index >= 15 is 0 Å². The minimum absolute atomic E-state index is 0.130. The number of amides is 1. The molecule has 3 rings (SSSR count). The largest absolute Gasteiger partial charge is 0.351 e. The van der Waals surface area contributed by atoms with Crippen LogP contribution in [0.4, 0.5) is 0 Å². The minimum atomic E-state index is -0.300. The maximum Gasteiger partial charge on any atom is 0.230 e. The van der Waals surface area contributed by atoms with E-state index in [1.165, 1.54) is 0 Å². The maximum atomic E-state index is 12.5. The Kier molecular flexibility index (Phi) is 3.98. The van der Waals surface area contributed by atoms with Crippen LogP contribution in [-0.2, 0) is 22.6 Å². The van der Waals surface area contributed by atoms with Crippen molar-refractivity contribution in [3.05, 3.63) is 71.3 Å². The molecule has 1 aliphatic carbocycles. The van der Waals surface area contributed by atoms with E-state index in [1.807, 2.05) is 54.6 Å². The van der Waals surface area contributed by atoms with Gasteiger partial charge in [0, 0.05) is 12.4 Å².